The second-order valence-electron chi connectivity index (χ2n) is 4.47. The van der Waals surface area contributed by atoms with Crippen LogP contribution in [0.5, 0.6) is 0 Å². The number of aliphatic hydroxyl groups excluding tert-OH is 1. The van der Waals surface area contributed by atoms with E-state index in [-0.39, 0.29) is 12.4 Å². The highest BCUT2D eigenvalue weighted by atomic mass is 32.2. The molecule has 0 radical (unpaired) electrons. The molecule has 1 fully saturated rings. The first-order chi connectivity index (χ1) is 9.13. The molecular weight excluding hydrogens is 266 g/mol. The molecule has 0 spiro atoms. The molecule has 0 aromatic carbocycles. The van der Waals surface area contributed by atoms with Crippen molar-refractivity contribution in [2.45, 2.75) is 6.42 Å². The summed E-state index contributed by atoms with van der Waals surface area (Å²) in [6.07, 6.45) is 2.03. The van der Waals surface area contributed by atoms with Gasteiger partial charge in [-0.2, -0.15) is 4.31 Å². The average Bonchev–Trinajstić information content (AvgIpc) is 2.46. The van der Waals surface area contributed by atoms with Crippen LogP contribution in [0.1, 0.15) is 6.42 Å². The minimum atomic E-state index is -3.22. The maximum Gasteiger partial charge on any atom is 0.214 e. The van der Waals surface area contributed by atoms with Gasteiger partial charge >= 0.3 is 0 Å². The third-order valence-corrected chi connectivity index (χ3v) is 5.12. The van der Waals surface area contributed by atoms with E-state index in [1.807, 2.05) is 18.2 Å². The summed E-state index contributed by atoms with van der Waals surface area (Å²) in [7, 11) is -3.22. The van der Waals surface area contributed by atoms with Crippen LogP contribution in [0.2, 0.25) is 0 Å². The Labute approximate surface area is 113 Å². The van der Waals surface area contributed by atoms with Gasteiger partial charge in [0.05, 0.1) is 5.75 Å². The van der Waals surface area contributed by atoms with E-state index in [1.165, 1.54) is 4.31 Å². The summed E-state index contributed by atoms with van der Waals surface area (Å²) < 4.78 is 25.4. The van der Waals surface area contributed by atoms with Gasteiger partial charge in [-0.1, -0.05) is 6.07 Å². The summed E-state index contributed by atoms with van der Waals surface area (Å²) in [6.45, 7) is 2.16. The fourth-order valence-electron chi connectivity index (χ4n) is 2.11. The molecule has 1 N–H and O–H groups in total. The van der Waals surface area contributed by atoms with Crippen molar-refractivity contribution in [1.29, 1.82) is 0 Å². The Morgan fingerprint density at radius 3 is 2.53 bits per heavy atom. The van der Waals surface area contributed by atoms with Gasteiger partial charge in [0, 0.05) is 39.0 Å². The third kappa shape index (κ3) is 3.65. The fraction of sp³-hybridized carbons (Fsp3) is 0.583. The molecular formula is C12H19N3O3S. The molecule has 1 aromatic rings. The predicted molar refractivity (Wildman–Crippen MR) is 73.5 cm³/mol. The van der Waals surface area contributed by atoms with Crippen LogP contribution < -0.4 is 4.90 Å². The molecule has 0 aliphatic carbocycles. The van der Waals surface area contributed by atoms with E-state index >= 15 is 0 Å². The van der Waals surface area contributed by atoms with Crippen LogP contribution in [0.25, 0.3) is 0 Å². The molecule has 7 heteroatoms. The van der Waals surface area contributed by atoms with Crippen LogP contribution in [0.15, 0.2) is 24.4 Å². The van der Waals surface area contributed by atoms with Gasteiger partial charge in [-0.3, -0.25) is 0 Å². The lowest BCUT2D eigenvalue weighted by atomic mass is 10.3. The Balaban J connectivity index is 1.92. The number of anilines is 1. The van der Waals surface area contributed by atoms with Crippen molar-refractivity contribution in [1.82, 2.24) is 9.29 Å². The molecule has 0 bridgehead atoms. The second-order valence-corrected chi connectivity index (χ2v) is 6.56. The Morgan fingerprint density at radius 2 is 1.95 bits per heavy atom. The summed E-state index contributed by atoms with van der Waals surface area (Å²) in [5, 5.41) is 8.72. The van der Waals surface area contributed by atoms with Crippen LogP contribution in [0.3, 0.4) is 0 Å². The standard InChI is InChI=1S/C12H19N3O3S/c16-10-3-11-19(17,18)15-8-6-14(7-9-15)12-4-1-2-5-13-12/h1-2,4-5,16H,3,6-11H2. The van der Waals surface area contributed by atoms with Crippen molar-refractivity contribution in [2.24, 2.45) is 0 Å². The highest BCUT2D eigenvalue weighted by Crippen LogP contribution is 2.14. The first-order valence-electron chi connectivity index (χ1n) is 6.38. The van der Waals surface area contributed by atoms with Gasteiger partial charge in [0.1, 0.15) is 5.82 Å². The van der Waals surface area contributed by atoms with Gasteiger partial charge in [0.2, 0.25) is 10.0 Å². The number of piperazine rings is 1. The van der Waals surface area contributed by atoms with E-state index in [1.54, 1.807) is 6.20 Å². The molecule has 0 amide bonds. The van der Waals surface area contributed by atoms with Gasteiger partial charge in [0.25, 0.3) is 0 Å². The summed E-state index contributed by atoms with van der Waals surface area (Å²) >= 11 is 0. The minimum Gasteiger partial charge on any atom is -0.396 e. The molecule has 1 saturated heterocycles. The molecule has 2 heterocycles. The quantitative estimate of drug-likeness (QED) is 0.819. The summed E-state index contributed by atoms with van der Waals surface area (Å²) in [6, 6.07) is 5.71. The number of aromatic nitrogens is 1. The second kappa shape index (κ2) is 6.31. The topological polar surface area (TPSA) is 73.7 Å². The number of rotatable bonds is 5. The van der Waals surface area contributed by atoms with Crippen molar-refractivity contribution in [2.75, 3.05) is 43.4 Å². The van der Waals surface area contributed by atoms with E-state index in [9.17, 15) is 8.42 Å². The lowest BCUT2D eigenvalue weighted by Gasteiger charge is -2.34. The van der Waals surface area contributed by atoms with Gasteiger partial charge in [0.15, 0.2) is 0 Å². The van der Waals surface area contributed by atoms with E-state index in [4.69, 9.17) is 5.11 Å². The predicted octanol–water partition coefficient (Wildman–Crippen LogP) is -0.0842. The maximum absolute atomic E-state index is 12.0. The molecule has 6 nitrogen and oxygen atoms in total. The van der Waals surface area contributed by atoms with E-state index in [2.05, 4.69) is 9.88 Å². The Morgan fingerprint density at radius 1 is 1.21 bits per heavy atom. The lowest BCUT2D eigenvalue weighted by molar-refractivity contribution is 0.293. The number of sulfonamides is 1. The molecule has 1 aliphatic rings. The monoisotopic (exact) mass is 285 g/mol. The third-order valence-electron chi connectivity index (χ3n) is 3.17. The largest absolute Gasteiger partial charge is 0.396 e. The zero-order valence-corrected chi connectivity index (χ0v) is 11.6. The summed E-state index contributed by atoms with van der Waals surface area (Å²) in [5.74, 6) is 0.905. The van der Waals surface area contributed by atoms with Crippen molar-refractivity contribution in [3.8, 4) is 0 Å². The fourth-order valence-corrected chi connectivity index (χ4v) is 3.58. The maximum atomic E-state index is 12.0. The lowest BCUT2D eigenvalue weighted by Crippen LogP contribution is -2.49. The smallest absolute Gasteiger partial charge is 0.214 e. The van der Waals surface area contributed by atoms with Gasteiger partial charge < -0.3 is 10.0 Å². The number of nitrogens with zero attached hydrogens (tertiary/aromatic N) is 3. The van der Waals surface area contributed by atoms with Gasteiger partial charge in [-0.05, 0) is 18.6 Å². The highest BCUT2D eigenvalue weighted by Gasteiger charge is 2.26. The van der Waals surface area contributed by atoms with Crippen LogP contribution >= 0.6 is 0 Å². The van der Waals surface area contributed by atoms with Crippen molar-refractivity contribution >= 4 is 15.8 Å². The highest BCUT2D eigenvalue weighted by molar-refractivity contribution is 7.89. The van der Waals surface area contributed by atoms with Crippen LogP contribution in [-0.4, -0.2) is 61.4 Å². The first kappa shape index (κ1) is 14.2. The van der Waals surface area contributed by atoms with E-state index in [0.29, 0.717) is 32.6 Å². The molecule has 106 valence electrons. The van der Waals surface area contributed by atoms with E-state index < -0.39 is 10.0 Å². The van der Waals surface area contributed by atoms with Crippen LogP contribution in [0.4, 0.5) is 5.82 Å². The van der Waals surface area contributed by atoms with E-state index in [0.717, 1.165) is 5.82 Å². The molecule has 1 aliphatic heterocycles. The Bertz CT molecular complexity index is 484. The molecule has 1 aromatic heterocycles. The van der Waals surface area contributed by atoms with Gasteiger partial charge in [-0.15, -0.1) is 0 Å². The SMILES string of the molecule is O=S(=O)(CCCO)N1CCN(c2ccccn2)CC1. The number of hydrogen-bond acceptors (Lipinski definition) is 5. The van der Waals surface area contributed by atoms with Crippen molar-refractivity contribution in [3.63, 3.8) is 0 Å². The Hall–Kier alpha value is -1.18. The van der Waals surface area contributed by atoms with Crippen LogP contribution in [0, 0.1) is 0 Å². The number of pyridine rings is 1. The van der Waals surface area contributed by atoms with Crippen molar-refractivity contribution in [3.05, 3.63) is 24.4 Å². The minimum absolute atomic E-state index is 0.0209. The molecule has 0 saturated carbocycles. The zero-order chi connectivity index (χ0) is 13.7. The summed E-state index contributed by atoms with van der Waals surface area (Å²) in [5.41, 5.74) is 0. The molecule has 0 unspecified atom stereocenters. The Kier molecular flexibility index (Phi) is 4.73. The first-order valence-corrected chi connectivity index (χ1v) is 7.99. The zero-order valence-electron chi connectivity index (χ0n) is 10.8. The summed E-state index contributed by atoms with van der Waals surface area (Å²) in [4.78, 5) is 6.35. The average molecular weight is 285 g/mol. The molecule has 2 rings (SSSR count). The number of aliphatic hydroxyl groups is 1. The molecule has 19 heavy (non-hydrogen) atoms. The number of hydrogen-bond donors (Lipinski definition) is 1. The normalized spacial score (nSPS) is 17.6. The van der Waals surface area contributed by atoms with Gasteiger partial charge in [-0.25, -0.2) is 13.4 Å². The molecule has 0 atom stereocenters. The van der Waals surface area contributed by atoms with Crippen LogP contribution in [-0.2, 0) is 10.0 Å². The van der Waals surface area contributed by atoms with Crippen molar-refractivity contribution < 1.29 is 13.5 Å².